The van der Waals surface area contributed by atoms with Gasteiger partial charge in [-0.1, -0.05) is 41.2 Å². The summed E-state index contributed by atoms with van der Waals surface area (Å²) in [5, 5.41) is 20.4. The summed E-state index contributed by atoms with van der Waals surface area (Å²) in [5.74, 6) is 1.01. The number of rotatable bonds is 7. The number of phenolic OH excluding ortho intramolecular Hbond substituents is 2. The van der Waals surface area contributed by atoms with Crippen LogP contribution in [0.25, 0.3) is 20.5 Å². The number of nitrogens with zero attached hydrogens (tertiary/aromatic N) is 1. The average molecular weight is 629 g/mol. The second-order valence-corrected chi connectivity index (χ2v) is 11.9. The number of aromatic hydroxyl groups is 2. The number of ketones is 1. The summed E-state index contributed by atoms with van der Waals surface area (Å²) in [5.41, 5.74) is 2.03. The number of carbonyl (C=O) groups is 1. The van der Waals surface area contributed by atoms with Crippen LogP contribution < -0.4 is 4.74 Å². The minimum absolute atomic E-state index is 0. The predicted molar refractivity (Wildman–Crippen MR) is 165 cm³/mol. The van der Waals surface area contributed by atoms with E-state index in [0.717, 1.165) is 45.9 Å². The number of halogens is 4. The summed E-state index contributed by atoms with van der Waals surface area (Å²) >= 11 is 15.9. The Balaban J connectivity index is 0.000000788. The summed E-state index contributed by atoms with van der Waals surface area (Å²) in [7, 11) is 0. The molecule has 0 aliphatic carbocycles. The SMILES string of the molecule is Cl.ClC(Cl)Cl.O=C(c1ccc(OCCN2CCCCC2)cc1)c1c(-c2ccc(O)cc2)sc2cc(O)ccc12. The van der Waals surface area contributed by atoms with Crippen LogP contribution in [0.3, 0.4) is 0 Å². The molecular weight excluding hydrogens is 600 g/mol. The summed E-state index contributed by atoms with van der Waals surface area (Å²) in [6, 6.07) is 19.2. The van der Waals surface area contributed by atoms with E-state index in [2.05, 4.69) is 4.90 Å². The summed E-state index contributed by atoms with van der Waals surface area (Å²) in [6.45, 7) is 3.85. The van der Waals surface area contributed by atoms with E-state index < -0.39 is 4.30 Å². The molecule has 2 heterocycles. The van der Waals surface area contributed by atoms with Gasteiger partial charge in [-0.25, -0.2) is 0 Å². The Kier molecular flexibility index (Phi) is 12.0. The number of fused-ring (bicyclic) bond motifs is 1. The van der Waals surface area contributed by atoms with Gasteiger partial charge in [-0.05, 0) is 98.2 Å². The van der Waals surface area contributed by atoms with E-state index in [9.17, 15) is 15.0 Å². The van der Waals surface area contributed by atoms with Gasteiger partial charge in [-0.2, -0.15) is 0 Å². The van der Waals surface area contributed by atoms with Gasteiger partial charge in [0.15, 0.2) is 10.1 Å². The molecule has 0 unspecified atom stereocenters. The van der Waals surface area contributed by atoms with Gasteiger partial charge < -0.3 is 14.9 Å². The third-order valence-electron chi connectivity index (χ3n) is 6.27. The summed E-state index contributed by atoms with van der Waals surface area (Å²) in [6.07, 6.45) is 3.85. The second kappa shape index (κ2) is 15.0. The molecule has 0 atom stereocenters. The van der Waals surface area contributed by atoms with E-state index in [-0.39, 0.29) is 29.7 Å². The molecule has 0 saturated carbocycles. The predicted octanol–water partition coefficient (Wildman–Crippen LogP) is 8.48. The van der Waals surface area contributed by atoms with Crippen molar-refractivity contribution >= 4 is 74.4 Å². The van der Waals surface area contributed by atoms with Gasteiger partial charge in [0, 0.05) is 32.6 Å². The van der Waals surface area contributed by atoms with Crippen molar-refractivity contribution in [3.63, 3.8) is 0 Å². The van der Waals surface area contributed by atoms with Crippen molar-refractivity contribution in [2.45, 2.75) is 23.6 Å². The Labute approximate surface area is 253 Å². The largest absolute Gasteiger partial charge is 0.508 e. The van der Waals surface area contributed by atoms with Gasteiger partial charge in [-0.15, -0.1) is 23.7 Å². The lowest BCUT2D eigenvalue weighted by molar-refractivity contribution is 0.104. The van der Waals surface area contributed by atoms with E-state index in [4.69, 9.17) is 39.5 Å². The van der Waals surface area contributed by atoms with Crippen molar-refractivity contribution < 1.29 is 19.7 Å². The smallest absolute Gasteiger partial charge is 0.195 e. The van der Waals surface area contributed by atoms with Gasteiger partial charge in [0.25, 0.3) is 0 Å². The first-order valence-corrected chi connectivity index (χ1v) is 14.4. The first-order chi connectivity index (χ1) is 18.3. The number of hydrogen-bond donors (Lipinski definition) is 2. The fraction of sp³-hybridized carbons (Fsp3) is 0.276. The molecule has 10 heteroatoms. The minimum Gasteiger partial charge on any atom is -0.508 e. The molecule has 0 amide bonds. The Bertz CT molecular complexity index is 1350. The zero-order valence-electron chi connectivity index (χ0n) is 21.0. The first-order valence-electron chi connectivity index (χ1n) is 12.3. The highest BCUT2D eigenvalue weighted by Crippen LogP contribution is 2.41. The highest BCUT2D eigenvalue weighted by atomic mass is 35.6. The Hall–Kier alpha value is -2.19. The lowest BCUT2D eigenvalue weighted by Crippen LogP contribution is -2.33. The number of alkyl halides is 3. The molecule has 0 bridgehead atoms. The number of piperidine rings is 1. The zero-order valence-corrected chi connectivity index (χ0v) is 24.9. The number of carbonyl (C=O) groups excluding carboxylic acids is 1. The molecule has 1 aliphatic heterocycles. The van der Waals surface area contributed by atoms with Crippen molar-refractivity contribution in [3.8, 4) is 27.7 Å². The zero-order chi connectivity index (χ0) is 27.1. The van der Waals surface area contributed by atoms with Crippen LogP contribution in [-0.2, 0) is 0 Å². The van der Waals surface area contributed by atoms with Crippen LogP contribution in [0.1, 0.15) is 35.2 Å². The quantitative estimate of drug-likeness (QED) is 0.159. The molecule has 2 N–H and O–H groups in total. The molecule has 5 rings (SSSR count). The van der Waals surface area contributed by atoms with Gasteiger partial charge in [0.1, 0.15) is 23.9 Å². The van der Waals surface area contributed by atoms with Crippen molar-refractivity contribution in [1.82, 2.24) is 4.90 Å². The van der Waals surface area contributed by atoms with Crippen LogP contribution in [0, 0.1) is 0 Å². The molecule has 5 nitrogen and oxygen atoms in total. The van der Waals surface area contributed by atoms with Gasteiger partial charge in [0.05, 0.1) is 0 Å². The lowest BCUT2D eigenvalue weighted by Gasteiger charge is -2.26. The van der Waals surface area contributed by atoms with E-state index in [0.29, 0.717) is 17.7 Å². The van der Waals surface area contributed by atoms with Crippen LogP contribution in [0.4, 0.5) is 0 Å². The first kappa shape index (κ1) is 31.3. The van der Waals surface area contributed by atoms with Crippen LogP contribution in [-0.4, -0.2) is 51.4 Å². The summed E-state index contributed by atoms with van der Waals surface area (Å²) in [4.78, 5) is 16.9. The lowest BCUT2D eigenvalue weighted by atomic mass is 9.97. The maximum absolute atomic E-state index is 13.6. The molecule has 1 fully saturated rings. The number of likely N-dealkylation sites (tertiary alicyclic amines) is 1. The number of phenols is 2. The maximum atomic E-state index is 13.6. The molecule has 1 aliphatic rings. The average Bonchev–Trinajstić information content (AvgIpc) is 3.28. The molecule has 0 radical (unpaired) electrons. The van der Waals surface area contributed by atoms with E-state index >= 15 is 0 Å². The highest BCUT2D eigenvalue weighted by Gasteiger charge is 2.22. The van der Waals surface area contributed by atoms with E-state index in [1.165, 1.54) is 30.6 Å². The normalized spacial score (nSPS) is 13.4. The number of benzene rings is 3. The maximum Gasteiger partial charge on any atom is 0.195 e. The standard InChI is InChI=1S/C28H27NO4S.CHCl3.ClH/c30-21-8-4-20(5-9-21)28-26(24-13-10-22(31)18-25(24)34-28)27(32)19-6-11-23(12-7-19)33-17-16-29-14-2-1-3-15-29;2-1(3)4;/h4-13,18,30-31H,1-3,14-17H2;1H;1H. The molecule has 1 saturated heterocycles. The van der Waals surface area contributed by atoms with Crippen molar-refractivity contribution in [3.05, 3.63) is 77.9 Å². The van der Waals surface area contributed by atoms with E-state index in [1.54, 1.807) is 42.5 Å². The van der Waals surface area contributed by atoms with Crippen LogP contribution in [0.5, 0.6) is 17.2 Å². The van der Waals surface area contributed by atoms with Crippen LogP contribution in [0.2, 0.25) is 0 Å². The van der Waals surface area contributed by atoms with Gasteiger partial charge >= 0.3 is 0 Å². The highest BCUT2D eigenvalue weighted by molar-refractivity contribution is 7.22. The minimum atomic E-state index is -0.750. The van der Waals surface area contributed by atoms with E-state index in [1.807, 2.05) is 24.3 Å². The monoisotopic (exact) mass is 627 g/mol. The Morgan fingerprint density at radius 3 is 2.15 bits per heavy atom. The van der Waals surface area contributed by atoms with Gasteiger partial charge in [0.2, 0.25) is 0 Å². The topological polar surface area (TPSA) is 70.0 Å². The molecular formula is C29H29Cl4NO4S. The fourth-order valence-electron chi connectivity index (χ4n) is 4.45. The third-order valence-corrected chi connectivity index (χ3v) is 7.47. The van der Waals surface area contributed by atoms with Gasteiger partial charge in [-0.3, -0.25) is 9.69 Å². The van der Waals surface area contributed by atoms with Crippen LogP contribution >= 0.6 is 58.5 Å². The number of thiophene rings is 1. The number of hydrogen-bond acceptors (Lipinski definition) is 6. The third kappa shape index (κ3) is 8.65. The van der Waals surface area contributed by atoms with Crippen LogP contribution in [0.15, 0.2) is 66.7 Å². The van der Waals surface area contributed by atoms with Crippen molar-refractivity contribution in [2.24, 2.45) is 0 Å². The molecule has 0 spiro atoms. The molecule has 4 aromatic rings. The fourth-order valence-corrected chi connectivity index (χ4v) is 5.69. The molecule has 208 valence electrons. The van der Waals surface area contributed by atoms with Crippen molar-refractivity contribution in [1.29, 1.82) is 0 Å². The summed E-state index contributed by atoms with van der Waals surface area (Å²) < 4.78 is 6.01. The molecule has 3 aromatic carbocycles. The number of ether oxygens (including phenoxy) is 1. The second-order valence-electron chi connectivity index (χ2n) is 8.89. The Morgan fingerprint density at radius 1 is 0.897 bits per heavy atom. The molecule has 39 heavy (non-hydrogen) atoms. The Morgan fingerprint density at radius 2 is 1.51 bits per heavy atom. The van der Waals surface area contributed by atoms with Crippen molar-refractivity contribution in [2.75, 3.05) is 26.2 Å². The molecule has 1 aromatic heterocycles.